The lowest BCUT2D eigenvalue weighted by Gasteiger charge is -2.35. The Kier molecular flexibility index (Phi) is 7.21. The van der Waals surface area contributed by atoms with Crippen LogP contribution in [0.3, 0.4) is 0 Å². The van der Waals surface area contributed by atoms with Crippen molar-refractivity contribution >= 4 is 11.6 Å². The number of amides is 1. The highest BCUT2D eigenvalue weighted by Crippen LogP contribution is 2.37. The molecule has 3 aromatic carbocycles. The minimum Gasteiger partial charge on any atom is -0.496 e. The molecule has 35 heavy (non-hydrogen) atoms. The first kappa shape index (κ1) is 23.3. The smallest absolute Gasteiger partial charge is 0.257 e. The Hall–Kier alpha value is -3.48. The van der Waals surface area contributed by atoms with Gasteiger partial charge < -0.3 is 4.74 Å². The number of carbonyl (C=O) groups is 1. The van der Waals surface area contributed by atoms with Crippen LogP contribution in [0.25, 0.3) is 0 Å². The number of hydrazone groups is 1. The number of rotatable bonds is 7. The third kappa shape index (κ3) is 5.45. The molecule has 0 saturated carbocycles. The van der Waals surface area contributed by atoms with Crippen LogP contribution in [0.1, 0.15) is 29.2 Å². The maximum absolute atomic E-state index is 13.6. The van der Waals surface area contributed by atoms with E-state index < -0.39 is 0 Å². The van der Waals surface area contributed by atoms with E-state index in [0.29, 0.717) is 13.0 Å². The van der Waals surface area contributed by atoms with E-state index >= 15 is 0 Å². The molecule has 0 aliphatic carbocycles. The lowest BCUT2D eigenvalue weighted by atomic mass is 9.97. The average Bonchev–Trinajstić information content (AvgIpc) is 3.36. The first-order chi connectivity index (χ1) is 17.2. The quantitative estimate of drug-likeness (QED) is 0.522. The van der Waals surface area contributed by atoms with E-state index in [1.807, 2.05) is 42.5 Å². The van der Waals surface area contributed by atoms with Crippen molar-refractivity contribution in [2.75, 3.05) is 39.8 Å². The van der Waals surface area contributed by atoms with Gasteiger partial charge in [-0.2, -0.15) is 5.10 Å². The minimum absolute atomic E-state index is 0.0309. The van der Waals surface area contributed by atoms with E-state index in [9.17, 15) is 4.79 Å². The van der Waals surface area contributed by atoms with Crippen LogP contribution in [0.2, 0.25) is 0 Å². The van der Waals surface area contributed by atoms with Crippen molar-refractivity contribution in [2.45, 2.75) is 19.0 Å². The maximum atomic E-state index is 13.6. The molecule has 0 spiro atoms. The molecular weight excluding hydrogens is 436 g/mol. The first-order valence-corrected chi connectivity index (χ1v) is 12.3. The highest BCUT2D eigenvalue weighted by molar-refractivity contribution is 6.03. The summed E-state index contributed by atoms with van der Waals surface area (Å²) >= 11 is 0. The Balaban J connectivity index is 1.28. The summed E-state index contributed by atoms with van der Waals surface area (Å²) in [6.45, 7) is 4.99. The zero-order chi connectivity index (χ0) is 24.0. The van der Waals surface area contributed by atoms with Crippen molar-refractivity contribution in [3.05, 3.63) is 102 Å². The molecular formula is C29H32N4O2. The Morgan fingerprint density at radius 3 is 2.20 bits per heavy atom. The Morgan fingerprint density at radius 2 is 1.49 bits per heavy atom. The van der Waals surface area contributed by atoms with Crippen LogP contribution >= 0.6 is 0 Å². The molecule has 1 fully saturated rings. The summed E-state index contributed by atoms with van der Waals surface area (Å²) in [6.07, 6.45) is 0.668. The Labute approximate surface area is 207 Å². The molecule has 2 aliphatic heterocycles. The molecule has 0 bridgehead atoms. The molecule has 3 aromatic rings. The highest BCUT2D eigenvalue weighted by Gasteiger charge is 2.35. The molecule has 2 heterocycles. The molecule has 6 heteroatoms. The van der Waals surface area contributed by atoms with E-state index in [1.165, 1.54) is 5.56 Å². The first-order valence-electron chi connectivity index (χ1n) is 12.3. The molecule has 0 radical (unpaired) electrons. The molecule has 0 N–H and O–H groups in total. The van der Waals surface area contributed by atoms with Gasteiger partial charge in [0.2, 0.25) is 0 Å². The van der Waals surface area contributed by atoms with Crippen LogP contribution in [0, 0.1) is 0 Å². The van der Waals surface area contributed by atoms with E-state index in [1.54, 1.807) is 12.1 Å². The van der Waals surface area contributed by atoms with Crippen molar-refractivity contribution in [1.82, 2.24) is 14.8 Å². The number of carbonyl (C=O) groups excluding carboxylic acids is 1. The normalized spacial score (nSPS) is 18.9. The number of para-hydroxylation sites is 1. The third-order valence-electron chi connectivity index (χ3n) is 6.84. The summed E-state index contributed by atoms with van der Waals surface area (Å²) in [5.74, 6) is 0.817. The van der Waals surface area contributed by atoms with Gasteiger partial charge in [0.05, 0.1) is 25.4 Å². The SMILES string of the molecule is COc1ccccc1[C@H]1CC(c2ccccc2)=NN1C(=O)CN1CCN(Cc2ccccc2)CC1. The van der Waals surface area contributed by atoms with E-state index in [4.69, 9.17) is 9.84 Å². The zero-order valence-electron chi connectivity index (χ0n) is 20.2. The summed E-state index contributed by atoms with van der Waals surface area (Å²) in [5, 5.41) is 6.53. The van der Waals surface area contributed by atoms with Crippen LogP contribution in [-0.2, 0) is 11.3 Å². The number of benzene rings is 3. The van der Waals surface area contributed by atoms with Gasteiger partial charge in [0.25, 0.3) is 5.91 Å². The molecule has 5 rings (SSSR count). The molecule has 180 valence electrons. The van der Waals surface area contributed by atoms with Crippen molar-refractivity contribution in [1.29, 1.82) is 0 Å². The summed E-state index contributed by atoms with van der Waals surface area (Å²) in [6, 6.07) is 28.4. The van der Waals surface area contributed by atoms with Gasteiger partial charge in [-0.1, -0.05) is 78.9 Å². The van der Waals surface area contributed by atoms with Gasteiger partial charge in [-0.05, 0) is 17.2 Å². The number of hydrogen-bond donors (Lipinski definition) is 0. The fourth-order valence-corrected chi connectivity index (χ4v) is 4.94. The standard InChI is InChI=1S/C29H32N4O2/c1-35-28-15-9-8-14-25(28)27-20-26(24-12-6-3-7-13-24)30-33(27)29(34)22-32-18-16-31(17-19-32)21-23-10-4-2-5-11-23/h2-15,27H,16-22H2,1H3/t27-/m1/s1. The summed E-state index contributed by atoms with van der Waals surface area (Å²) < 4.78 is 5.63. The predicted octanol–water partition coefficient (Wildman–Crippen LogP) is 4.19. The van der Waals surface area contributed by atoms with Crippen LogP contribution < -0.4 is 4.74 Å². The minimum atomic E-state index is -0.173. The van der Waals surface area contributed by atoms with Gasteiger partial charge in [0.1, 0.15) is 5.75 Å². The molecule has 1 atom stereocenters. The largest absolute Gasteiger partial charge is 0.496 e. The predicted molar refractivity (Wildman–Crippen MR) is 138 cm³/mol. The van der Waals surface area contributed by atoms with E-state index in [2.05, 4.69) is 52.3 Å². The van der Waals surface area contributed by atoms with Crippen molar-refractivity contribution < 1.29 is 9.53 Å². The number of piperazine rings is 1. The highest BCUT2D eigenvalue weighted by atomic mass is 16.5. The number of hydrogen-bond acceptors (Lipinski definition) is 5. The fourth-order valence-electron chi connectivity index (χ4n) is 4.94. The second kappa shape index (κ2) is 10.8. The third-order valence-corrected chi connectivity index (χ3v) is 6.84. The fraction of sp³-hybridized carbons (Fsp3) is 0.310. The van der Waals surface area contributed by atoms with Crippen LogP contribution in [-0.4, -0.2) is 66.3 Å². The summed E-state index contributed by atoms with van der Waals surface area (Å²) in [7, 11) is 1.67. The topological polar surface area (TPSA) is 48.4 Å². The van der Waals surface area contributed by atoms with E-state index in [0.717, 1.165) is 55.3 Å². The van der Waals surface area contributed by atoms with Gasteiger partial charge >= 0.3 is 0 Å². The molecule has 0 unspecified atom stereocenters. The number of nitrogens with zero attached hydrogens (tertiary/aromatic N) is 4. The number of methoxy groups -OCH3 is 1. The molecule has 0 aromatic heterocycles. The lowest BCUT2D eigenvalue weighted by molar-refractivity contribution is -0.134. The van der Waals surface area contributed by atoms with Crippen molar-refractivity contribution in [3.8, 4) is 5.75 Å². The van der Waals surface area contributed by atoms with Gasteiger partial charge in [0, 0.05) is 44.7 Å². The second-order valence-electron chi connectivity index (χ2n) is 9.15. The Morgan fingerprint density at radius 1 is 0.857 bits per heavy atom. The van der Waals surface area contributed by atoms with Gasteiger partial charge in [-0.25, -0.2) is 5.01 Å². The zero-order valence-corrected chi connectivity index (χ0v) is 20.2. The Bertz CT molecular complexity index is 1160. The molecule has 1 amide bonds. The van der Waals surface area contributed by atoms with Crippen LogP contribution in [0.15, 0.2) is 90.0 Å². The number of ether oxygens (including phenoxy) is 1. The lowest BCUT2D eigenvalue weighted by Crippen LogP contribution is -2.49. The van der Waals surface area contributed by atoms with Crippen LogP contribution in [0.5, 0.6) is 5.75 Å². The molecule has 1 saturated heterocycles. The van der Waals surface area contributed by atoms with Gasteiger partial charge in [0.15, 0.2) is 0 Å². The van der Waals surface area contributed by atoms with Crippen LogP contribution in [0.4, 0.5) is 0 Å². The second-order valence-corrected chi connectivity index (χ2v) is 9.15. The summed E-state index contributed by atoms with van der Waals surface area (Å²) in [5.41, 5.74) is 4.31. The average molecular weight is 469 g/mol. The maximum Gasteiger partial charge on any atom is 0.257 e. The summed E-state index contributed by atoms with van der Waals surface area (Å²) in [4.78, 5) is 18.3. The van der Waals surface area contributed by atoms with Crippen molar-refractivity contribution in [3.63, 3.8) is 0 Å². The van der Waals surface area contributed by atoms with E-state index in [-0.39, 0.29) is 11.9 Å². The molecule has 6 nitrogen and oxygen atoms in total. The van der Waals surface area contributed by atoms with Gasteiger partial charge in [-0.15, -0.1) is 0 Å². The van der Waals surface area contributed by atoms with Crippen molar-refractivity contribution in [2.24, 2.45) is 5.10 Å². The molecule has 2 aliphatic rings. The van der Waals surface area contributed by atoms with Gasteiger partial charge in [-0.3, -0.25) is 14.6 Å². The monoisotopic (exact) mass is 468 g/mol.